The normalized spacial score (nSPS) is 13.5. The van der Waals surface area contributed by atoms with Crippen LogP contribution in [0.1, 0.15) is 28.8 Å². The molecule has 1 aliphatic rings. The molecule has 0 spiro atoms. The molecule has 3 nitrogen and oxygen atoms in total. The zero-order valence-electron chi connectivity index (χ0n) is 13.4. The molecule has 1 aliphatic heterocycles. The molecule has 0 aromatic heterocycles. The number of rotatable bonds is 5. The van der Waals surface area contributed by atoms with E-state index in [-0.39, 0.29) is 5.91 Å². The van der Waals surface area contributed by atoms with E-state index in [0.29, 0.717) is 22.2 Å². The average molecular weight is 363 g/mol. The smallest absolute Gasteiger partial charge is 0.252 e. The van der Waals surface area contributed by atoms with Gasteiger partial charge in [-0.3, -0.25) is 4.79 Å². The third-order valence-electron chi connectivity index (χ3n) is 4.27. The Hall–Kier alpha value is -1.71. The Morgan fingerprint density at radius 3 is 2.83 bits per heavy atom. The van der Waals surface area contributed by atoms with E-state index in [9.17, 15) is 4.79 Å². The van der Waals surface area contributed by atoms with Crippen molar-refractivity contribution in [2.24, 2.45) is 0 Å². The Bertz CT molecular complexity index is 733. The maximum absolute atomic E-state index is 12.2. The van der Waals surface area contributed by atoms with Crippen molar-refractivity contribution in [1.82, 2.24) is 5.32 Å². The summed E-state index contributed by atoms with van der Waals surface area (Å²) in [6.07, 6.45) is 3.23. The molecule has 0 bridgehead atoms. The summed E-state index contributed by atoms with van der Waals surface area (Å²) in [4.78, 5) is 14.6. The number of hydrogen-bond acceptors (Lipinski definition) is 2. The average Bonchev–Trinajstić information content (AvgIpc) is 2.58. The second kappa shape index (κ2) is 7.91. The van der Waals surface area contributed by atoms with E-state index in [0.717, 1.165) is 25.9 Å². The minimum absolute atomic E-state index is 0.157. The van der Waals surface area contributed by atoms with Crippen LogP contribution in [-0.2, 0) is 6.42 Å². The first kappa shape index (κ1) is 17.1. The van der Waals surface area contributed by atoms with Crippen molar-refractivity contribution in [3.8, 4) is 0 Å². The number of aryl methyl sites for hydroxylation is 1. The number of anilines is 1. The molecule has 1 amide bonds. The Labute approximate surface area is 152 Å². The van der Waals surface area contributed by atoms with Gasteiger partial charge in [0.1, 0.15) is 0 Å². The number of fused-ring (bicyclic) bond motifs is 1. The molecule has 0 fully saturated rings. The standard InChI is InChI=1S/C19H20Cl2N2O/c20-15-8-9-16(17(21)13-15)19(24)22-10-4-12-23-11-3-6-14-5-1-2-7-18(14)23/h1-2,5,7-9,13H,3-4,6,10-12H2,(H,22,24). The highest BCUT2D eigenvalue weighted by atomic mass is 35.5. The van der Waals surface area contributed by atoms with Crippen LogP contribution >= 0.6 is 23.2 Å². The van der Waals surface area contributed by atoms with Crippen molar-refractivity contribution in [1.29, 1.82) is 0 Å². The lowest BCUT2D eigenvalue weighted by Crippen LogP contribution is -2.33. The first-order valence-corrected chi connectivity index (χ1v) is 8.97. The summed E-state index contributed by atoms with van der Waals surface area (Å²) in [7, 11) is 0. The predicted molar refractivity (Wildman–Crippen MR) is 100 cm³/mol. The molecule has 5 heteroatoms. The Balaban J connectivity index is 1.50. The summed E-state index contributed by atoms with van der Waals surface area (Å²) in [6.45, 7) is 2.63. The molecule has 3 rings (SSSR count). The Kier molecular flexibility index (Phi) is 5.64. The summed E-state index contributed by atoms with van der Waals surface area (Å²) >= 11 is 11.9. The van der Waals surface area contributed by atoms with Gasteiger partial charge in [0.05, 0.1) is 10.6 Å². The maximum Gasteiger partial charge on any atom is 0.252 e. The van der Waals surface area contributed by atoms with Gasteiger partial charge in [0.25, 0.3) is 5.91 Å². The van der Waals surface area contributed by atoms with Gasteiger partial charge >= 0.3 is 0 Å². The third-order valence-corrected chi connectivity index (χ3v) is 4.82. The van der Waals surface area contributed by atoms with Crippen molar-refractivity contribution in [2.75, 3.05) is 24.5 Å². The lowest BCUT2D eigenvalue weighted by molar-refractivity contribution is 0.0953. The number of benzene rings is 2. The molecule has 0 saturated carbocycles. The third kappa shape index (κ3) is 4.03. The van der Waals surface area contributed by atoms with Crippen LogP contribution in [0.3, 0.4) is 0 Å². The number of halogens is 2. The number of nitrogens with one attached hydrogen (secondary N) is 1. The summed E-state index contributed by atoms with van der Waals surface area (Å²) < 4.78 is 0. The molecule has 0 saturated heterocycles. The van der Waals surface area contributed by atoms with Gasteiger partial charge < -0.3 is 10.2 Å². The predicted octanol–water partition coefficient (Wildman–Crippen LogP) is 4.57. The van der Waals surface area contributed by atoms with Gasteiger partial charge in [-0.15, -0.1) is 0 Å². The van der Waals surface area contributed by atoms with Gasteiger partial charge in [0, 0.05) is 30.3 Å². The van der Waals surface area contributed by atoms with E-state index in [4.69, 9.17) is 23.2 Å². The van der Waals surface area contributed by atoms with Gasteiger partial charge in [-0.2, -0.15) is 0 Å². The molecule has 1 heterocycles. The van der Waals surface area contributed by atoms with Gasteiger partial charge in [0.2, 0.25) is 0 Å². The number of amides is 1. The summed E-state index contributed by atoms with van der Waals surface area (Å²) in [6, 6.07) is 13.5. The van der Waals surface area contributed by atoms with Crippen molar-refractivity contribution in [2.45, 2.75) is 19.3 Å². The fraction of sp³-hybridized carbons (Fsp3) is 0.316. The van der Waals surface area contributed by atoms with Crippen molar-refractivity contribution >= 4 is 34.8 Å². The number of nitrogens with zero attached hydrogens (tertiary/aromatic N) is 1. The van der Waals surface area contributed by atoms with E-state index in [1.165, 1.54) is 17.7 Å². The first-order chi connectivity index (χ1) is 11.6. The van der Waals surface area contributed by atoms with Crippen LogP contribution < -0.4 is 10.2 Å². The minimum Gasteiger partial charge on any atom is -0.371 e. The van der Waals surface area contributed by atoms with Gasteiger partial charge in [-0.25, -0.2) is 0 Å². The molecular formula is C19H20Cl2N2O. The topological polar surface area (TPSA) is 32.3 Å². The van der Waals surface area contributed by atoms with E-state index in [2.05, 4.69) is 34.5 Å². The Morgan fingerprint density at radius 1 is 1.17 bits per heavy atom. The molecule has 2 aromatic carbocycles. The fourth-order valence-corrected chi connectivity index (χ4v) is 3.58. The molecular weight excluding hydrogens is 343 g/mol. The maximum atomic E-state index is 12.2. The molecule has 126 valence electrons. The van der Waals surface area contributed by atoms with Crippen LogP contribution in [0.5, 0.6) is 0 Å². The minimum atomic E-state index is -0.157. The van der Waals surface area contributed by atoms with E-state index >= 15 is 0 Å². The lowest BCUT2D eigenvalue weighted by atomic mass is 10.0. The van der Waals surface area contributed by atoms with E-state index in [1.54, 1.807) is 18.2 Å². The fourth-order valence-electron chi connectivity index (χ4n) is 3.08. The van der Waals surface area contributed by atoms with Gasteiger partial charge in [-0.05, 0) is 49.1 Å². The van der Waals surface area contributed by atoms with Crippen molar-refractivity contribution < 1.29 is 4.79 Å². The SMILES string of the molecule is O=C(NCCCN1CCCc2ccccc21)c1ccc(Cl)cc1Cl. The molecule has 0 atom stereocenters. The highest BCUT2D eigenvalue weighted by Crippen LogP contribution is 2.26. The van der Waals surface area contributed by atoms with Crippen molar-refractivity contribution in [3.63, 3.8) is 0 Å². The van der Waals surface area contributed by atoms with Crippen LogP contribution in [0.25, 0.3) is 0 Å². The van der Waals surface area contributed by atoms with Crippen LogP contribution in [0, 0.1) is 0 Å². The lowest BCUT2D eigenvalue weighted by Gasteiger charge is -2.31. The highest BCUT2D eigenvalue weighted by molar-refractivity contribution is 6.36. The second-order valence-corrected chi connectivity index (χ2v) is 6.80. The summed E-state index contributed by atoms with van der Waals surface area (Å²) in [5.41, 5.74) is 3.21. The van der Waals surface area contributed by atoms with Gasteiger partial charge in [-0.1, -0.05) is 41.4 Å². The van der Waals surface area contributed by atoms with Crippen molar-refractivity contribution in [3.05, 3.63) is 63.6 Å². The molecule has 0 radical (unpaired) electrons. The quantitative estimate of drug-likeness (QED) is 0.790. The molecule has 2 aromatic rings. The Morgan fingerprint density at radius 2 is 2.00 bits per heavy atom. The molecule has 1 N–H and O–H groups in total. The zero-order chi connectivity index (χ0) is 16.9. The number of para-hydroxylation sites is 1. The van der Waals surface area contributed by atoms with Crippen LogP contribution in [-0.4, -0.2) is 25.5 Å². The highest BCUT2D eigenvalue weighted by Gasteiger charge is 2.16. The summed E-state index contributed by atoms with van der Waals surface area (Å²) in [5, 5.41) is 3.84. The monoisotopic (exact) mass is 362 g/mol. The van der Waals surface area contributed by atoms with E-state index in [1.807, 2.05) is 0 Å². The van der Waals surface area contributed by atoms with Gasteiger partial charge in [0.15, 0.2) is 0 Å². The second-order valence-electron chi connectivity index (χ2n) is 5.95. The summed E-state index contributed by atoms with van der Waals surface area (Å²) in [5.74, 6) is -0.157. The molecule has 0 aliphatic carbocycles. The number of hydrogen-bond donors (Lipinski definition) is 1. The largest absolute Gasteiger partial charge is 0.371 e. The van der Waals surface area contributed by atoms with Crippen LogP contribution in [0.15, 0.2) is 42.5 Å². The molecule has 0 unspecified atom stereocenters. The number of carbonyl (C=O) groups excluding carboxylic acids is 1. The van der Waals surface area contributed by atoms with E-state index < -0.39 is 0 Å². The van der Waals surface area contributed by atoms with Crippen LogP contribution in [0.2, 0.25) is 10.0 Å². The zero-order valence-corrected chi connectivity index (χ0v) is 14.9. The first-order valence-electron chi connectivity index (χ1n) is 8.21. The number of carbonyl (C=O) groups is 1. The van der Waals surface area contributed by atoms with Crippen LogP contribution in [0.4, 0.5) is 5.69 Å². The molecule has 24 heavy (non-hydrogen) atoms.